The van der Waals surface area contributed by atoms with Gasteiger partial charge in [0.2, 0.25) is 5.91 Å². The highest BCUT2D eigenvalue weighted by Crippen LogP contribution is 2.36. The minimum atomic E-state index is -0.232. The van der Waals surface area contributed by atoms with Crippen LogP contribution in [0.2, 0.25) is 0 Å². The molecule has 2 saturated heterocycles. The maximum absolute atomic E-state index is 12.6. The first-order chi connectivity index (χ1) is 21.0. The Morgan fingerprint density at radius 3 is 2.70 bits per heavy atom. The zero-order valence-corrected chi connectivity index (χ0v) is 25.5. The van der Waals surface area contributed by atoms with Crippen molar-refractivity contribution < 1.29 is 9.53 Å². The molecule has 4 aliphatic rings. The van der Waals surface area contributed by atoms with Crippen molar-refractivity contribution in [3.8, 4) is 12.1 Å². The fourth-order valence-corrected chi connectivity index (χ4v) is 7.14. The van der Waals surface area contributed by atoms with Crippen LogP contribution in [0.15, 0.2) is 24.9 Å². The molecule has 2 fully saturated rings. The van der Waals surface area contributed by atoms with Gasteiger partial charge in [0.05, 0.1) is 29.9 Å². The molecule has 0 unspecified atom stereocenters. The van der Waals surface area contributed by atoms with E-state index in [-0.39, 0.29) is 18.4 Å². The van der Waals surface area contributed by atoms with Crippen molar-refractivity contribution in [1.29, 1.82) is 5.26 Å². The average molecular weight is 586 g/mol. The predicted octanol–water partition coefficient (Wildman–Crippen LogP) is 2.45. The van der Waals surface area contributed by atoms with E-state index in [0.29, 0.717) is 38.3 Å². The maximum atomic E-state index is 12.6. The number of carbonyl (C=O) groups excluding carboxylic acids is 1. The molecular formula is C32H43N9O2. The summed E-state index contributed by atoms with van der Waals surface area (Å²) in [5.74, 6) is 1.79. The number of aryl methyl sites for hydroxylation is 1. The Morgan fingerprint density at radius 2 is 1.91 bits per heavy atom. The monoisotopic (exact) mass is 585 g/mol. The standard InChI is InChI=1S/C32H43N9O2/c1-4-28(42)41-20-19-40(21-24(41)9-13-33)30-26-11-17-39(31-29-23(10-14-34-31)7-5-16-38(29)3)18-12-27(26)35-32(36-30)43-22-25-8-6-15-37(25)2/h4,10,14,24-25H,1,5-9,11-12,15-22H2,2-3H3/t24-,25-/m0/s1. The van der Waals surface area contributed by atoms with Crippen LogP contribution in [-0.4, -0.2) is 109 Å². The summed E-state index contributed by atoms with van der Waals surface area (Å²) in [5.41, 5.74) is 4.76. The second kappa shape index (κ2) is 12.8. The van der Waals surface area contributed by atoms with Crippen LogP contribution in [0, 0.1) is 11.3 Å². The third kappa shape index (κ3) is 5.98. The normalized spacial score (nSPS) is 22.4. The topological polar surface area (TPSA) is 105 Å². The van der Waals surface area contributed by atoms with Crippen LogP contribution >= 0.6 is 0 Å². The summed E-state index contributed by atoms with van der Waals surface area (Å²) in [6, 6.07) is 4.98. The molecule has 11 nitrogen and oxygen atoms in total. The van der Waals surface area contributed by atoms with Gasteiger partial charge in [0.15, 0.2) is 5.82 Å². The van der Waals surface area contributed by atoms with Crippen LogP contribution in [-0.2, 0) is 24.1 Å². The summed E-state index contributed by atoms with van der Waals surface area (Å²) >= 11 is 0. The number of hydrogen-bond donors (Lipinski definition) is 0. The van der Waals surface area contributed by atoms with E-state index in [2.05, 4.69) is 52.4 Å². The number of likely N-dealkylation sites (N-methyl/N-ethyl adjacent to an activating group) is 1. The molecule has 0 aromatic carbocycles. The van der Waals surface area contributed by atoms with Gasteiger partial charge in [0.25, 0.3) is 0 Å². The SMILES string of the molecule is C=CC(=O)N1CCN(c2nc(OC[C@@H]3CCCN3C)nc3c2CCN(c2nccc4c2N(C)CCC4)CC3)C[C@@H]1CC#N. The predicted molar refractivity (Wildman–Crippen MR) is 167 cm³/mol. The van der Waals surface area contributed by atoms with Gasteiger partial charge < -0.3 is 29.2 Å². The van der Waals surface area contributed by atoms with E-state index in [9.17, 15) is 10.1 Å². The highest BCUT2D eigenvalue weighted by molar-refractivity contribution is 5.87. The number of rotatable bonds is 7. The van der Waals surface area contributed by atoms with Gasteiger partial charge in [-0.15, -0.1) is 0 Å². The number of amides is 1. The Kier molecular flexibility index (Phi) is 8.66. The van der Waals surface area contributed by atoms with Crippen LogP contribution in [0.25, 0.3) is 0 Å². The summed E-state index contributed by atoms with van der Waals surface area (Å²) in [6.07, 6.45) is 9.61. The number of aromatic nitrogens is 3. The number of hydrogen-bond acceptors (Lipinski definition) is 10. The third-order valence-corrected chi connectivity index (χ3v) is 9.55. The van der Waals surface area contributed by atoms with Crippen LogP contribution in [0.1, 0.15) is 42.5 Å². The second-order valence-electron chi connectivity index (χ2n) is 12.2. The van der Waals surface area contributed by atoms with Crippen LogP contribution in [0.4, 0.5) is 17.3 Å². The van der Waals surface area contributed by atoms with Crippen molar-refractivity contribution in [3.63, 3.8) is 0 Å². The van der Waals surface area contributed by atoms with Crippen molar-refractivity contribution in [2.75, 3.05) is 81.2 Å². The highest BCUT2D eigenvalue weighted by Gasteiger charge is 2.33. The number of nitriles is 1. The smallest absolute Gasteiger partial charge is 0.318 e. The quantitative estimate of drug-likeness (QED) is 0.450. The number of fused-ring (bicyclic) bond motifs is 2. The molecule has 2 aromatic heterocycles. The fraction of sp³-hybridized carbons (Fsp3) is 0.594. The van der Waals surface area contributed by atoms with Gasteiger partial charge in [-0.25, -0.2) is 4.98 Å². The summed E-state index contributed by atoms with van der Waals surface area (Å²) in [7, 11) is 4.31. The van der Waals surface area contributed by atoms with Crippen LogP contribution in [0.5, 0.6) is 6.01 Å². The Balaban J connectivity index is 1.30. The molecule has 43 heavy (non-hydrogen) atoms. The number of likely N-dealkylation sites (tertiary alicyclic amines) is 1. The largest absolute Gasteiger partial charge is 0.462 e. The lowest BCUT2D eigenvalue weighted by molar-refractivity contribution is -0.128. The molecular weight excluding hydrogens is 542 g/mol. The van der Waals surface area contributed by atoms with Gasteiger partial charge in [-0.1, -0.05) is 6.58 Å². The molecule has 4 aliphatic heterocycles. The third-order valence-electron chi connectivity index (χ3n) is 9.55. The number of nitrogens with zero attached hydrogens (tertiary/aromatic N) is 9. The van der Waals surface area contributed by atoms with Gasteiger partial charge in [-0.2, -0.15) is 15.2 Å². The zero-order valence-electron chi connectivity index (χ0n) is 25.5. The number of piperazine rings is 1. The molecule has 0 N–H and O–H groups in total. The van der Waals surface area contributed by atoms with Crippen molar-refractivity contribution in [3.05, 3.63) is 41.7 Å². The average Bonchev–Trinajstić information content (AvgIpc) is 3.31. The minimum absolute atomic E-state index is 0.134. The van der Waals surface area contributed by atoms with Crippen molar-refractivity contribution in [1.82, 2.24) is 24.8 Å². The summed E-state index contributed by atoms with van der Waals surface area (Å²) in [6.45, 7) is 9.64. The Hall–Kier alpha value is -3.91. The van der Waals surface area contributed by atoms with Gasteiger partial charge in [0, 0.05) is 70.5 Å². The van der Waals surface area contributed by atoms with Crippen molar-refractivity contribution in [2.24, 2.45) is 0 Å². The molecule has 228 valence electrons. The first-order valence-corrected chi connectivity index (χ1v) is 15.7. The number of pyridine rings is 1. The van der Waals surface area contributed by atoms with Crippen molar-refractivity contribution >= 4 is 23.2 Å². The van der Waals surface area contributed by atoms with E-state index in [4.69, 9.17) is 19.7 Å². The number of ether oxygens (including phenoxy) is 1. The lowest BCUT2D eigenvalue weighted by atomic mass is 10.0. The summed E-state index contributed by atoms with van der Waals surface area (Å²) in [4.78, 5) is 38.6. The molecule has 0 spiro atoms. The van der Waals surface area contributed by atoms with Gasteiger partial charge in [-0.05, 0) is 63.4 Å². The molecule has 0 aliphatic carbocycles. The van der Waals surface area contributed by atoms with E-state index < -0.39 is 0 Å². The van der Waals surface area contributed by atoms with Gasteiger partial charge in [0.1, 0.15) is 12.4 Å². The lowest BCUT2D eigenvalue weighted by Crippen LogP contribution is -2.55. The van der Waals surface area contributed by atoms with Crippen molar-refractivity contribution in [2.45, 2.75) is 57.0 Å². The zero-order chi connectivity index (χ0) is 29.9. The fourth-order valence-electron chi connectivity index (χ4n) is 7.14. The van der Waals surface area contributed by atoms with E-state index in [1.54, 1.807) is 4.90 Å². The molecule has 11 heteroatoms. The summed E-state index contributed by atoms with van der Waals surface area (Å²) < 4.78 is 6.30. The van der Waals surface area contributed by atoms with E-state index in [1.807, 2.05) is 6.20 Å². The van der Waals surface area contributed by atoms with E-state index in [1.165, 1.54) is 23.7 Å². The van der Waals surface area contributed by atoms with E-state index >= 15 is 0 Å². The molecule has 6 rings (SSSR count). The van der Waals surface area contributed by atoms with Gasteiger partial charge in [-0.3, -0.25) is 4.79 Å². The number of anilines is 3. The first-order valence-electron chi connectivity index (χ1n) is 15.7. The Bertz CT molecular complexity index is 1390. The van der Waals surface area contributed by atoms with Gasteiger partial charge >= 0.3 is 6.01 Å². The molecule has 0 saturated carbocycles. The van der Waals surface area contributed by atoms with Crippen LogP contribution < -0.4 is 19.4 Å². The molecule has 0 radical (unpaired) electrons. The van der Waals surface area contributed by atoms with E-state index in [0.717, 1.165) is 81.2 Å². The maximum Gasteiger partial charge on any atom is 0.318 e. The van der Waals surface area contributed by atoms with Crippen LogP contribution in [0.3, 0.4) is 0 Å². The lowest BCUT2D eigenvalue weighted by Gasteiger charge is -2.41. The molecule has 0 bridgehead atoms. The Morgan fingerprint density at radius 1 is 1.05 bits per heavy atom. The molecule has 2 aromatic rings. The molecule has 1 amide bonds. The Labute approximate surface area is 254 Å². The number of carbonyl (C=O) groups is 1. The molecule has 2 atom stereocenters. The first kappa shape index (κ1) is 29.2. The summed E-state index contributed by atoms with van der Waals surface area (Å²) in [5, 5.41) is 9.56. The molecule has 6 heterocycles. The minimum Gasteiger partial charge on any atom is -0.462 e. The highest BCUT2D eigenvalue weighted by atomic mass is 16.5. The second-order valence-corrected chi connectivity index (χ2v) is 12.2.